The molecule has 7 rings (SSSR count). The fraction of sp³-hybridized carbons (Fsp3) is 0.167. The van der Waals surface area contributed by atoms with E-state index in [2.05, 4.69) is 42.0 Å². The Labute approximate surface area is 343 Å². The molecule has 1 aromatic heterocycles. The van der Waals surface area contributed by atoms with E-state index in [0.29, 0.717) is 26.1 Å². The second kappa shape index (κ2) is 16.7. The number of halogens is 4. The van der Waals surface area contributed by atoms with E-state index in [0.717, 1.165) is 95.6 Å². The van der Waals surface area contributed by atoms with E-state index in [1.165, 1.54) is 6.07 Å². The third-order valence-corrected chi connectivity index (χ3v) is 13.2. The third-order valence-electron chi connectivity index (χ3n) is 9.78. The lowest BCUT2D eigenvalue weighted by Gasteiger charge is -2.37. The van der Waals surface area contributed by atoms with Gasteiger partial charge in [0.05, 0.1) is 16.9 Å². The molecule has 5 aromatic carbocycles. The zero-order chi connectivity index (χ0) is 40.3. The number of hydrogen-bond acceptors (Lipinski definition) is 9. The van der Waals surface area contributed by atoms with E-state index < -0.39 is 20.2 Å². The minimum Gasteiger partial charge on any atom is -0.368 e. The highest BCUT2D eigenvalue weighted by molar-refractivity contribution is 8.01. The molecule has 0 bridgehead atoms. The molecule has 0 spiro atoms. The van der Waals surface area contributed by atoms with Gasteiger partial charge in [-0.05, 0) is 121 Å². The van der Waals surface area contributed by atoms with Crippen LogP contribution in [0.5, 0.6) is 0 Å². The van der Waals surface area contributed by atoms with Crippen LogP contribution in [0.15, 0.2) is 136 Å². The smallest absolute Gasteiger partial charge is 0.368 e. The monoisotopic (exact) mass is 844 g/mol. The zero-order valence-corrected chi connectivity index (χ0v) is 33.9. The summed E-state index contributed by atoms with van der Waals surface area (Å²) in [6.45, 7) is 5.06. The molecule has 1 fully saturated rings. The van der Waals surface area contributed by atoms with E-state index in [4.69, 9.17) is 11.6 Å². The number of hydrogen-bond donors (Lipinski definition) is 2. The number of nitrogens with one attached hydrogen (secondary N) is 2. The maximum atomic E-state index is 13.7. The highest BCUT2D eigenvalue weighted by Gasteiger charge is 2.48. The predicted octanol–water partition coefficient (Wildman–Crippen LogP) is 11.1. The SMILES string of the molecule is Cc1c(C#N)c(-c2cccc(N3CCN(c4ccc(NSc5ccc(NSc6ccccc6)c(S(=O)(=O)C(F)(F)F)c5)cc4)CC3)c2)c(-c2ccc(Cl)cc2)n1C. The van der Waals surface area contributed by atoms with Crippen molar-refractivity contribution in [2.24, 2.45) is 7.05 Å². The highest BCUT2D eigenvalue weighted by atomic mass is 35.5. The number of alkyl halides is 3. The number of aromatic nitrogens is 1. The lowest BCUT2D eigenvalue weighted by Crippen LogP contribution is -2.46. The Bertz CT molecular complexity index is 2540. The second-order valence-electron chi connectivity index (χ2n) is 13.3. The summed E-state index contributed by atoms with van der Waals surface area (Å²) in [4.78, 5) is 4.78. The van der Waals surface area contributed by atoms with Gasteiger partial charge in [0.25, 0.3) is 9.84 Å². The zero-order valence-electron chi connectivity index (χ0n) is 30.7. The normalized spacial score (nSPS) is 13.4. The third kappa shape index (κ3) is 8.57. The topological polar surface area (TPSA) is 93.4 Å². The summed E-state index contributed by atoms with van der Waals surface area (Å²) >= 11 is 8.23. The van der Waals surface area contributed by atoms with Crippen LogP contribution in [-0.4, -0.2) is 44.7 Å². The van der Waals surface area contributed by atoms with Gasteiger partial charge in [-0.3, -0.25) is 0 Å². The van der Waals surface area contributed by atoms with Gasteiger partial charge in [0, 0.05) is 76.4 Å². The first-order chi connectivity index (χ1) is 27.3. The van der Waals surface area contributed by atoms with Gasteiger partial charge < -0.3 is 23.8 Å². The van der Waals surface area contributed by atoms with Crippen molar-refractivity contribution < 1.29 is 21.6 Å². The molecule has 57 heavy (non-hydrogen) atoms. The molecular formula is C42H36ClF3N6O2S3. The minimum atomic E-state index is -5.63. The van der Waals surface area contributed by atoms with Crippen LogP contribution < -0.4 is 19.2 Å². The van der Waals surface area contributed by atoms with Crippen LogP contribution >= 0.6 is 35.5 Å². The van der Waals surface area contributed by atoms with Crippen molar-refractivity contribution in [2.45, 2.75) is 27.1 Å². The van der Waals surface area contributed by atoms with Crippen LogP contribution in [0, 0.1) is 18.3 Å². The van der Waals surface area contributed by atoms with Gasteiger partial charge in [0.2, 0.25) is 0 Å². The average Bonchev–Trinajstić information content (AvgIpc) is 3.48. The summed E-state index contributed by atoms with van der Waals surface area (Å²) in [6.07, 6.45) is 0. The highest BCUT2D eigenvalue weighted by Crippen LogP contribution is 2.41. The van der Waals surface area contributed by atoms with Gasteiger partial charge in [0.15, 0.2) is 0 Å². The molecule has 0 radical (unpaired) electrons. The molecule has 1 saturated heterocycles. The fourth-order valence-corrected chi connectivity index (χ4v) is 9.29. The Balaban J connectivity index is 1.01. The number of piperazine rings is 1. The quantitative estimate of drug-likeness (QED) is 0.124. The summed E-state index contributed by atoms with van der Waals surface area (Å²) in [5.74, 6) is 0. The predicted molar refractivity (Wildman–Crippen MR) is 227 cm³/mol. The number of nitrogens with zero attached hydrogens (tertiary/aromatic N) is 4. The molecular weight excluding hydrogens is 809 g/mol. The first-order valence-electron chi connectivity index (χ1n) is 17.8. The van der Waals surface area contributed by atoms with Crippen LogP contribution in [0.3, 0.4) is 0 Å². The van der Waals surface area contributed by atoms with Crippen molar-refractivity contribution >= 4 is 68.1 Å². The first-order valence-corrected chi connectivity index (χ1v) is 21.3. The standard InChI is InChI=1S/C42H36ClF3N6O2S3/c1-28-37(27-47)40(41(50(28)2)29-11-13-31(43)14-12-29)30-7-6-8-34(25-30)52-23-21-51(22-24-52)33-17-15-32(16-18-33)48-56-36-19-20-38(49-55-35-9-4-3-5-10-35)39(26-36)57(53,54)42(44,45)46/h3-20,25-26,48-49H,21-24H2,1-2H3. The van der Waals surface area contributed by atoms with E-state index in [1.807, 2.05) is 74.6 Å². The molecule has 1 aliphatic rings. The molecule has 15 heteroatoms. The van der Waals surface area contributed by atoms with E-state index >= 15 is 0 Å². The number of nitriles is 1. The molecule has 0 atom stereocenters. The number of rotatable bonds is 11. The molecule has 0 unspecified atom stereocenters. The van der Waals surface area contributed by atoms with Gasteiger partial charge in [-0.25, -0.2) is 8.42 Å². The van der Waals surface area contributed by atoms with Gasteiger partial charge in [-0.1, -0.05) is 54.1 Å². The molecule has 0 saturated carbocycles. The lowest BCUT2D eigenvalue weighted by molar-refractivity contribution is -0.0435. The molecule has 2 heterocycles. The summed E-state index contributed by atoms with van der Waals surface area (Å²) in [5, 5.41) is 10.8. The van der Waals surface area contributed by atoms with Crippen LogP contribution in [0.2, 0.25) is 5.02 Å². The number of benzene rings is 5. The van der Waals surface area contributed by atoms with Crippen molar-refractivity contribution in [3.63, 3.8) is 0 Å². The van der Waals surface area contributed by atoms with Crippen molar-refractivity contribution in [3.05, 3.63) is 138 Å². The summed E-state index contributed by atoms with van der Waals surface area (Å²) in [7, 11) is -3.66. The maximum absolute atomic E-state index is 13.7. The Morgan fingerprint density at radius 1 is 0.737 bits per heavy atom. The molecule has 1 aliphatic heterocycles. The van der Waals surface area contributed by atoms with Crippen LogP contribution in [0.25, 0.3) is 22.4 Å². The van der Waals surface area contributed by atoms with Crippen molar-refractivity contribution in [1.82, 2.24) is 4.57 Å². The minimum absolute atomic E-state index is 0.162. The van der Waals surface area contributed by atoms with E-state index in [1.54, 1.807) is 36.4 Å². The van der Waals surface area contributed by atoms with Crippen molar-refractivity contribution in [2.75, 3.05) is 45.4 Å². The molecule has 6 aromatic rings. The Hall–Kier alpha value is -5.20. The Morgan fingerprint density at radius 2 is 1.39 bits per heavy atom. The van der Waals surface area contributed by atoms with Crippen molar-refractivity contribution in [1.29, 1.82) is 5.26 Å². The van der Waals surface area contributed by atoms with Gasteiger partial charge in [0.1, 0.15) is 11.0 Å². The second-order valence-corrected chi connectivity index (χ2v) is 17.4. The molecule has 0 amide bonds. The molecule has 0 aliphatic carbocycles. The molecule has 8 nitrogen and oxygen atoms in total. The maximum Gasteiger partial charge on any atom is 0.501 e. The summed E-state index contributed by atoms with van der Waals surface area (Å²) < 4.78 is 74.1. The van der Waals surface area contributed by atoms with Gasteiger partial charge in [-0.2, -0.15) is 18.4 Å². The summed E-state index contributed by atoms with van der Waals surface area (Å²) in [5.41, 5.74) is 2.50. The average molecular weight is 845 g/mol. The van der Waals surface area contributed by atoms with Crippen molar-refractivity contribution in [3.8, 4) is 28.5 Å². The summed E-state index contributed by atoms with van der Waals surface area (Å²) in [6, 6.07) is 38.9. The first kappa shape index (κ1) is 40.0. The number of sulfone groups is 1. The van der Waals surface area contributed by atoms with E-state index in [9.17, 15) is 26.9 Å². The lowest BCUT2D eigenvalue weighted by atomic mass is 9.97. The van der Waals surface area contributed by atoms with Crippen LogP contribution in [0.4, 0.5) is 35.9 Å². The van der Waals surface area contributed by atoms with Crippen LogP contribution in [-0.2, 0) is 16.9 Å². The Morgan fingerprint density at radius 3 is 2.04 bits per heavy atom. The molecule has 2 N–H and O–H groups in total. The largest absolute Gasteiger partial charge is 0.501 e. The molecule has 292 valence electrons. The van der Waals surface area contributed by atoms with Gasteiger partial charge in [-0.15, -0.1) is 0 Å². The Kier molecular flexibility index (Phi) is 11.7. The van der Waals surface area contributed by atoms with E-state index in [-0.39, 0.29) is 5.69 Å². The fourth-order valence-electron chi connectivity index (χ4n) is 6.71. The number of anilines is 4. The van der Waals surface area contributed by atoms with Gasteiger partial charge >= 0.3 is 5.51 Å². The van der Waals surface area contributed by atoms with Crippen LogP contribution in [0.1, 0.15) is 11.3 Å².